The van der Waals surface area contributed by atoms with Crippen molar-refractivity contribution in [3.05, 3.63) is 34.9 Å². The van der Waals surface area contributed by atoms with Gasteiger partial charge in [0.1, 0.15) is 6.04 Å². The standard InChI is InChI=1S/C20H22F2N4O4/c21-20(22)8-12(24-10-20)6-7-23-9-11-2-1-3-13-16(11)19(30)26(18(13)29)14-4-5-15(27)25-17(14)28/h1-3,12,14,23-24H,4-10H2,(H,25,27,28). The molecule has 8 nitrogen and oxygen atoms in total. The second-order valence-electron chi connectivity index (χ2n) is 7.89. The van der Waals surface area contributed by atoms with Crippen LogP contribution in [0.25, 0.3) is 0 Å². The zero-order valence-electron chi connectivity index (χ0n) is 16.2. The fourth-order valence-electron chi connectivity index (χ4n) is 4.23. The van der Waals surface area contributed by atoms with Gasteiger partial charge in [-0.1, -0.05) is 12.1 Å². The summed E-state index contributed by atoms with van der Waals surface area (Å²) >= 11 is 0. The van der Waals surface area contributed by atoms with E-state index < -0.39 is 35.6 Å². The highest BCUT2D eigenvalue weighted by Gasteiger charge is 2.45. The Hall–Kier alpha value is -2.72. The molecule has 10 heteroatoms. The minimum Gasteiger partial charge on any atom is -0.313 e. The lowest BCUT2D eigenvalue weighted by atomic mass is 10.0. The molecule has 30 heavy (non-hydrogen) atoms. The maximum absolute atomic E-state index is 13.2. The van der Waals surface area contributed by atoms with Crippen LogP contribution in [0.5, 0.6) is 0 Å². The highest BCUT2D eigenvalue weighted by Crippen LogP contribution is 2.30. The first-order valence-corrected chi connectivity index (χ1v) is 9.92. The predicted octanol–water partition coefficient (Wildman–Crippen LogP) is 0.565. The largest absolute Gasteiger partial charge is 0.313 e. The summed E-state index contributed by atoms with van der Waals surface area (Å²) in [4.78, 5) is 50.2. The third-order valence-corrected chi connectivity index (χ3v) is 5.73. The SMILES string of the molecule is O=C1CCC(N2C(=O)c3cccc(CNCCC4CC(F)(F)CN4)c3C2=O)C(=O)N1. The Balaban J connectivity index is 1.42. The van der Waals surface area contributed by atoms with Crippen molar-refractivity contribution in [3.8, 4) is 0 Å². The molecule has 0 aliphatic carbocycles. The number of amides is 4. The van der Waals surface area contributed by atoms with Gasteiger partial charge in [-0.05, 0) is 31.0 Å². The Labute approximate surface area is 171 Å². The number of benzene rings is 1. The summed E-state index contributed by atoms with van der Waals surface area (Å²) in [5.41, 5.74) is 1.07. The van der Waals surface area contributed by atoms with Crippen molar-refractivity contribution < 1.29 is 28.0 Å². The first-order chi connectivity index (χ1) is 14.3. The molecule has 2 unspecified atom stereocenters. The van der Waals surface area contributed by atoms with Crippen molar-refractivity contribution in [3.63, 3.8) is 0 Å². The summed E-state index contributed by atoms with van der Waals surface area (Å²) in [5, 5.41) is 8.10. The highest BCUT2D eigenvalue weighted by atomic mass is 19.3. The summed E-state index contributed by atoms with van der Waals surface area (Å²) in [6.07, 6.45) is 0.485. The van der Waals surface area contributed by atoms with E-state index in [0.29, 0.717) is 18.5 Å². The highest BCUT2D eigenvalue weighted by molar-refractivity contribution is 6.24. The van der Waals surface area contributed by atoms with Crippen LogP contribution >= 0.6 is 0 Å². The molecule has 1 aromatic rings. The number of hydrogen-bond acceptors (Lipinski definition) is 6. The topological polar surface area (TPSA) is 108 Å². The number of halogens is 2. The molecule has 4 amide bonds. The van der Waals surface area contributed by atoms with Crippen molar-refractivity contribution in [2.24, 2.45) is 0 Å². The maximum Gasteiger partial charge on any atom is 0.262 e. The van der Waals surface area contributed by atoms with Crippen LogP contribution in [0.1, 0.15) is 52.0 Å². The van der Waals surface area contributed by atoms with E-state index in [9.17, 15) is 28.0 Å². The lowest BCUT2D eigenvalue weighted by Crippen LogP contribution is -2.54. The summed E-state index contributed by atoms with van der Waals surface area (Å²) < 4.78 is 26.5. The quantitative estimate of drug-likeness (QED) is 0.459. The van der Waals surface area contributed by atoms with Gasteiger partial charge in [-0.15, -0.1) is 0 Å². The Bertz CT molecular complexity index is 920. The van der Waals surface area contributed by atoms with Crippen LogP contribution in [-0.2, 0) is 16.1 Å². The molecule has 0 radical (unpaired) electrons. The van der Waals surface area contributed by atoms with Crippen molar-refractivity contribution in [2.45, 2.75) is 50.2 Å². The molecule has 2 fully saturated rings. The number of nitrogens with one attached hydrogen (secondary N) is 3. The van der Waals surface area contributed by atoms with Gasteiger partial charge in [0.2, 0.25) is 11.8 Å². The molecular weight excluding hydrogens is 398 g/mol. The monoisotopic (exact) mass is 420 g/mol. The van der Waals surface area contributed by atoms with Crippen molar-refractivity contribution in [1.29, 1.82) is 0 Å². The number of rotatable bonds is 6. The molecular formula is C20H22F2N4O4. The molecule has 2 saturated heterocycles. The number of alkyl halides is 2. The van der Waals surface area contributed by atoms with Crippen molar-refractivity contribution in [1.82, 2.24) is 20.9 Å². The fourth-order valence-corrected chi connectivity index (χ4v) is 4.23. The Morgan fingerprint density at radius 3 is 2.67 bits per heavy atom. The number of carbonyl (C=O) groups excluding carboxylic acids is 4. The molecule has 1 aromatic carbocycles. The number of imide groups is 2. The van der Waals surface area contributed by atoms with Gasteiger partial charge in [-0.3, -0.25) is 29.4 Å². The number of piperidine rings is 1. The maximum atomic E-state index is 13.2. The smallest absolute Gasteiger partial charge is 0.262 e. The summed E-state index contributed by atoms with van der Waals surface area (Å²) in [6, 6.07) is 3.64. The molecule has 0 spiro atoms. The zero-order chi connectivity index (χ0) is 21.5. The van der Waals surface area contributed by atoms with Crippen LogP contribution in [0.2, 0.25) is 0 Å². The predicted molar refractivity (Wildman–Crippen MR) is 101 cm³/mol. The van der Waals surface area contributed by atoms with Crippen molar-refractivity contribution in [2.75, 3.05) is 13.1 Å². The molecule has 3 heterocycles. The van der Waals surface area contributed by atoms with Crippen molar-refractivity contribution >= 4 is 23.6 Å². The molecule has 3 aliphatic heterocycles. The van der Waals surface area contributed by atoms with Crippen LogP contribution in [0.3, 0.4) is 0 Å². The molecule has 4 rings (SSSR count). The molecule has 0 saturated carbocycles. The lowest BCUT2D eigenvalue weighted by Gasteiger charge is -2.27. The van der Waals surface area contributed by atoms with E-state index in [0.717, 1.165) is 4.90 Å². The summed E-state index contributed by atoms with van der Waals surface area (Å²) in [6.45, 7) is 0.446. The number of carbonyl (C=O) groups is 4. The van der Waals surface area contributed by atoms with E-state index >= 15 is 0 Å². The minimum atomic E-state index is -2.67. The first-order valence-electron chi connectivity index (χ1n) is 9.92. The average molecular weight is 420 g/mol. The molecule has 2 atom stereocenters. The molecule has 160 valence electrons. The number of fused-ring (bicyclic) bond motifs is 1. The molecule has 3 aliphatic rings. The molecule has 0 bridgehead atoms. The van der Waals surface area contributed by atoms with Gasteiger partial charge < -0.3 is 10.6 Å². The summed E-state index contributed by atoms with van der Waals surface area (Å²) in [5.74, 6) is -4.85. The van der Waals surface area contributed by atoms with Gasteiger partial charge in [-0.25, -0.2) is 8.78 Å². The molecule has 3 N–H and O–H groups in total. The summed E-state index contributed by atoms with van der Waals surface area (Å²) in [7, 11) is 0. The first kappa shape index (κ1) is 20.5. The minimum absolute atomic E-state index is 0.0620. The second kappa shape index (κ2) is 7.84. The fraction of sp³-hybridized carbons (Fsp3) is 0.500. The average Bonchev–Trinajstić information content (AvgIpc) is 3.16. The van der Waals surface area contributed by atoms with Gasteiger partial charge in [-0.2, -0.15) is 0 Å². The van der Waals surface area contributed by atoms with E-state index in [1.807, 2.05) is 0 Å². The zero-order valence-corrected chi connectivity index (χ0v) is 16.2. The van der Waals surface area contributed by atoms with E-state index in [1.54, 1.807) is 12.1 Å². The Morgan fingerprint density at radius 2 is 1.97 bits per heavy atom. The van der Waals surface area contributed by atoms with E-state index in [-0.39, 0.29) is 49.5 Å². The van der Waals surface area contributed by atoms with Crippen LogP contribution in [0, 0.1) is 0 Å². The van der Waals surface area contributed by atoms with Gasteiger partial charge in [0.05, 0.1) is 17.7 Å². The van der Waals surface area contributed by atoms with Crippen LogP contribution in [-0.4, -0.2) is 59.6 Å². The van der Waals surface area contributed by atoms with Gasteiger partial charge in [0.15, 0.2) is 0 Å². The Kier molecular flexibility index (Phi) is 5.37. The van der Waals surface area contributed by atoms with Gasteiger partial charge in [0.25, 0.3) is 17.7 Å². The number of nitrogens with zero attached hydrogens (tertiary/aromatic N) is 1. The third kappa shape index (κ3) is 3.84. The van der Waals surface area contributed by atoms with Gasteiger partial charge >= 0.3 is 0 Å². The third-order valence-electron chi connectivity index (χ3n) is 5.73. The normalized spacial score (nSPS) is 25.6. The van der Waals surface area contributed by atoms with Gasteiger partial charge in [0, 0.05) is 25.4 Å². The van der Waals surface area contributed by atoms with Crippen LogP contribution in [0.4, 0.5) is 8.78 Å². The van der Waals surface area contributed by atoms with E-state index in [2.05, 4.69) is 16.0 Å². The van der Waals surface area contributed by atoms with E-state index in [1.165, 1.54) is 6.07 Å². The lowest BCUT2D eigenvalue weighted by molar-refractivity contribution is -0.136. The van der Waals surface area contributed by atoms with Crippen LogP contribution < -0.4 is 16.0 Å². The second-order valence-corrected chi connectivity index (χ2v) is 7.89. The number of hydrogen-bond donors (Lipinski definition) is 3. The molecule has 0 aromatic heterocycles. The van der Waals surface area contributed by atoms with Crippen LogP contribution in [0.15, 0.2) is 18.2 Å². The Morgan fingerprint density at radius 1 is 1.17 bits per heavy atom. The van der Waals surface area contributed by atoms with E-state index in [4.69, 9.17) is 0 Å².